The topological polar surface area (TPSA) is 54.7 Å². The average molecular weight is 345 g/mol. The van der Waals surface area contributed by atoms with E-state index >= 15 is 0 Å². The van der Waals surface area contributed by atoms with E-state index in [0.717, 1.165) is 21.7 Å². The molecule has 0 unspecified atom stereocenters. The zero-order valence-electron chi connectivity index (χ0n) is 9.95. The lowest BCUT2D eigenvalue weighted by atomic mass is 10.0. The Kier molecular flexibility index (Phi) is 3.65. The van der Waals surface area contributed by atoms with E-state index in [1.165, 1.54) is 11.3 Å². The number of aromatic amines is 1. The van der Waals surface area contributed by atoms with Gasteiger partial charge in [0.05, 0.1) is 30.5 Å². The standard InChI is InChI=1S/C13H8Cl3N3S/c14-7-2-1-6(5-8(7)15)11-12(18-19-13(11)17)9-3-4-10(16)20-9/h1-5H,(H3,17,18,19). The fourth-order valence-electron chi connectivity index (χ4n) is 1.93. The van der Waals surface area contributed by atoms with Gasteiger partial charge in [-0.3, -0.25) is 5.10 Å². The van der Waals surface area contributed by atoms with Crippen LogP contribution in [-0.2, 0) is 0 Å². The Bertz CT molecular complexity index is 779. The SMILES string of the molecule is Nc1n[nH]c(-c2ccc(Cl)s2)c1-c1ccc(Cl)c(Cl)c1. The van der Waals surface area contributed by atoms with Crippen LogP contribution >= 0.6 is 46.1 Å². The van der Waals surface area contributed by atoms with Crippen molar-refractivity contribution in [2.75, 3.05) is 5.73 Å². The van der Waals surface area contributed by atoms with Crippen molar-refractivity contribution in [2.45, 2.75) is 0 Å². The second-order valence-corrected chi connectivity index (χ2v) is 6.62. The van der Waals surface area contributed by atoms with Gasteiger partial charge < -0.3 is 5.73 Å². The van der Waals surface area contributed by atoms with Gasteiger partial charge >= 0.3 is 0 Å². The number of anilines is 1. The summed E-state index contributed by atoms with van der Waals surface area (Å²) in [5.74, 6) is 0.405. The second kappa shape index (κ2) is 5.30. The molecule has 3 rings (SSSR count). The Labute approximate surface area is 134 Å². The van der Waals surface area contributed by atoms with Gasteiger partial charge in [0.1, 0.15) is 0 Å². The molecule has 2 aromatic heterocycles. The molecule has 0 bridgehead atoms. The van der Waals surface area contributed by atoms with Crippen molar-refractivity contribution in [3.8, 4) is 21.7 Å². The molecule has 0 amide bonds. The monoisotopic (exact) mass is 343 g/mol. The van der Waals surface area contributed by atoms with Crippen LogP contribution in [0.4, 0.5) is 5.82 Å². The normalized spacial score (nSPS) is 10.9. The minimum atomic E-state index is 0.405. The second-order valence-electron chi connectivity index (χ2n) is 4.09. The van der Waals surface area contributed by atoms with E-state index in [-0.39, 0.29) is 0 Å². The number of benzene rings is 1. The first-order valence-corrected chi connectivity index (χ1v) is 7.56. The van der Waals surface area contributed by atoms with Gasteiger partial charge in [-0.05, 0) is 29.8 Å². The highest BCUT2D eigenvalue weighted by Gasteiger charge is 2.17. The Morgan fingerprint density at radius 3 is 2.50 bits per heavy atom. The lowest BCUT2D eigenvalue weighted by molar-refractivity contribution is 1.11. The number of hydrogen-bond donors (Lipinski definition) is 2. The van der Waals surface area contributed by atoms with Crippen LogP contribution in [0.15, 0.2) is 30.3 Å². The van der Waals surface area contributed by atoms with Gasteiger partial charge in [-0.25, -0.2) is 0 Å². The van der Waals surface area contributed by atoms with Crippen LogP contribution in [0.1, 0.15) is 0 Å². The van der Waals surface area contributed by atoms with Gasteiger partial charge in [0.25, 0.3) is 0 Å². The molecule has 7 heteroatoms. The van der Waals surface area contributed by atoms with Crippen LogP contribution in [0.25, 0.3) is 21.7 Å². The summed E-state index contributed by atoms with van der Waals surface area (Å²) < 4.78 is 0.702. The summed E-state index contributed by atoms with van der Waals surface area (Å²) in [6.07, 6.45) is 0. The van der Waals surface area contributed by atoms with Crippen molar-refractivity contribution in [3.05, 3.63) is 44.7 Å². The third-order valence-corrected chi connectivity index (χ3v) is 4.81. The van der Waals surface area contributed by atoms with E-state index in [9.17, 15) is 0 Å². The van der Waals surface area contributed by atoms with E-state index in [0.29, 0.717) is 20.2 Å². The van der Waals surface area contributed by atoms with Crippen molar-refractivity contribution in [3.63, 3.8) is 0 Å². The van der Waals surface area contributed by atoms with Crippen molar-refractivity contribution < 1.29 is 0 Å². The maximum atomic E-state index is 6.06. The molecule has 3 aromatic rings. The smallest absolute Gasteiger partial charge is 0.153 e. The molecular weight excluding hydrogens is 337 g/mol. The summed E-state index contributed by atoms with van der Waals surface area (Å²) in [5, 5.41) is 7.98. The summed E-state index contributed by atoms with van der Waals surface area (Å²) in [5.41, 5.74) is 8.42. The van der Waals surface area contributed by atoms with Crippen molar-refractivity contribution in [1.82, 2.24) is 10.2 Å². The number of hydrogen-bond acceptors (Lipinski definition) is 3. The van der Waals surface area contributed by atoms with Gasteiger partial charge in [0, 0.05) is 0 Å². The number of rotatable bonds is 2. The summed E-state index contributed by atoms with van der Waals surface area (Å²) in [7, 11) is 0. The molecule has 2 heterocycles. The average Bonchev–Trinajstić information content (AvgIpc) is 2.99. The predicted octanol–water partition coefficient (Wildman–Crippen LogP) is 5.35. The summed E-state index contributed by atoms with van der Waals surface area (Å²) in [6, 6.07) is 9.10. The minimum Gasteiger partial charge on any atom is -0.382 e. The Morgan fingerprint density at radius 2 is 1.85 bits per heavy atom. The van der Waals surface area contributed by atoms with Crippen molar-refractivity contribution in [2.24, 2.45) is 0 Å². The van der Waals surface area contributed by atoms with Crippen LogP contribution in [0.2, 0.25) is 14.4 Å². The molecule has 20 heavy (non-hydrogen) atoms. The van der Waals surface area contributed by atoms with Gasteiger partial charge in [-0.2, -0.15) is 5.10 Å². The maximum absolute atomic E-state index is 6.06. The first kappa shape index (κ1) is 13.8. The van der Waals surface area contributed by atoms with Crippen LogP contribution < -0.4 is 5.73 Å². The first-order valence-electron chi connectivity index (χ1n) is 5.61. The number of H-pyrrole nitrogens is 1. The number of thiophene rings is 1. The van der Waals surface area contributed by atoms with Crippen LogP contribution in [0.3, 0.4) is 0 Å². The molecule has 0 aliphatic carbocycles. The molecule has 0 fully saturated rings. The van der Waals surface area contributed by atoms with Crippen molar-refractivity contribution >= 4 is 52.0 Å². The quantitative estimate of drug-likeness (QED) is 0.658. The first-order chi connectivity index (χ1) is 9.56. The summed E-state index contributed by atoms with van der Waals surface area (Å²) in [4.78, 5) is 0.959. The number of nitrogens with one attached hydrogen (secondary N) is 1. The molecule has 0 radical (unpaired) electrons. The molecule has 0 atom stereocenters. The van der Waals surface area contributed by atoms with Gasteiger partial charge in [-0.1, -0.05) is 40.9 Å². The predicted molar refractivity (Wildman–Crippen MR) is 86.8 cm³/mol. The highest BCUT2D eigenvalue weighted by Crippen LogP contribution is 2.40. The molecule has 1 aromatic carbocycles. The molecule has 0 aliphatic rings. The number of nitrogen functional groups attached to an aromatic ring is 1. The fraction of sp³-hybridized carbons (Fsp3) is 0. The third-order valence-electron chi connectivity index (χ3n) is 2.82. The van der Waals surface area contributed by atoms with E-state index < -0.39 is 0 Å². The highest BCUT2D eigenvalue weighted by atomic mass is 35.5. The zero-order chi connectivity index (χ0) is 14.3. The molecule has 0 saturated carbocycles. The largest absolute Gasteiger partial charge is 0.382 e. The molecule has 3 N–H and O–H groups in total. The number of halogens is 3. The lowest BCUT2D eigenvalue weighted by Crippen LogP contribution is -1.88. The number of nitrogens with zero attached hydrogens (tertiary/aromatic N) is 1. The number of aromatic nitrogens is 2. The van der Waals surface area contributed by atoms with E-state index in [1.54, 1.807) is 12.1 Å². The Morgan fingerprint density at radius 1 is 1.05 bits per heavy atom. The van der Waals surface area contributed by atoms with Crippen LogP contribution in [-0.4, -0.2) is 10.2 Å². The minimum absolute atomic E-state index is 0.405. The summed E-state index contributed by atoms with van der Waals surface area (Å²) in [6.45, 7) is 0. The maximum Gasteiger partial charge on any atom is 0.153 e. The molecule has 0 aliphatic heterocycles. The fourth-order valence-corrected chi connectivity index (χ4v) is 3.27. The molecule has 0 spiro atoms. The highest BCUT2D eigenvalue weighted by molar-refractivity contribution is 7.19. The molecule has 0 saturated heterocycles. The van der Waals surface area contributed by atoms with E-state index in [2.05, 4.69) is 10.2 Å². The van der Waals surface area contributed by atoms with Gasteiger partial charge in [0.2, 0.25) is 0 Å². The Hall–Kier alpha value is -1.20. The van der Waals surface area contributed by atoms with Gasteiger partial charge in [0.15, 0.2) is 5.82 Å². The summed E-state index contributed by atoms with van der Waals surface area (Å²) >= 11 is 19.4. The van der Waals surface area contributed by atoms with Crippen molar-refractivity contribution in [1.29, 1.82) is 0 Å². The number of nitrogens with two attached hydrogens (primary N) is 1. The molecule has 102 valence electrons. The molecule has 3 nitrogen and oxygen atoms in total. The van der Waals surface area contributed by atoms with Crippen LogP contribution in [0, 0.1) is 0 Å². The zero-order valence-corrected chi connectivity index (χ0v) is 13.0. The Balaban J connectivity index is 2.18. The third kappa shape index (κ3) is 2.40. The van der Waals surface area contributed by atoms with Crippen LogP contribution in [0.5, 0.6) is 0 Å². The lowest BCUT2D eigenvalue weighted by Gasteiger charge is -2.04. The molecular formula is C13H8Cl3N3S. The van der Waals surface area contributed by atoms with Gasteiger partial charge in [-0.15, -0.1) is 11.3 Å². The van der Waals surface area contributed by atoms with E-state index in [4.69, 9.17) is 40.5 Å². The van der Waals surface area contributed by atoms with E-state index in [1.807, 2.05) is 18.2 Å².